The van der Waals surface area contributed by atoms with Gasteiger partial charge in [0.2, 0.25) is 0 Å². The molecule has 0 unspecified atom stereocenters. The number of aryl methyl sites for hydroxylation is 1. The molecule has 16 heavy (non-hydrogen) atoms. The van der Waals surface area contributed by atoms with E-state index >= 15 is 0 Å². The van der Waals surface area contributed by atoms with Crippen molar-refractivity contribution in [1.82, 2.24) is 9.78 Å². The Labute approximate surface area is 93.4 Å². The summed E-state index contributed by atoms with van der Waals surface area (Å²) >= 11 is 0. The molecule has 1 rings (SSSR count). The van der Waals surface area contributed by atoms with Crippen molar-refractivity contribution < 1.29 is 9.72 Å². The smallest absolute Gasteiger partial charge is 0.300 e. The van der Waals surface area contributed by atoms with Crippen LogP contribution in [0.1, 0.15) is 38.2 Å². The maximum absolute atomic E-state index is 11.1. The van der Waals surface area contributed by atoms with Crippen molar-refractivity contribution in [2.24, 2.45) is 0 Å². The number of nitrogens with zero attached hydrogens (tertiary/aromatic N) is 3. The van der Waals surface area contributed by atoms with E-state index in [0.717, 1.165) is 0 Å². The van der Waals surface area contributed by atoms with E-state index in [1.165, 1.54) is 6.92 Å². The fourth-order valence-corrected chi connectivity index (χ4v) is 1.65. The average Bonchev–Trinajstić information content (AvgIpc) is 2.41. The van der Waals surface area contributed by atoms with Crippen molar-refractivity contribution >= 4 is 11.5 Å². The third kappa shape index (κ3) is 2.26. The Morgan fingerprint density at radius 3 is 2.50 bits per heavy atom. The van der Waals surface area contributed by atoms with E-state index in [0.29, 0.717) is 11.4 Å². The molecular formula is C10H15N3O3. The number of Topliss-reactive ketones (excluding diaryl/α,β-unsaturated/α-hetero) is 1. The van der Waals surface area contributed by atoms with Crippen LogP contribution in [0.3, 0.4) is 0 Å². The van der Waals surface area contributed by atoms with E-state index in [2.05, 4.69) is 5.10 Å². The van der Waals surface area contributed by atoms with Crippen LogP contribution < -0.4 is 0 Å². The summed E-state index contributed by atoms with van der Waals surface area (Å²) in [5, 5.41) is 15.0. The Kier molecular flexibility index (Phi) is 3.41. The predicted molar refractivity (Wildman–Crippen MR) is 58.4 cm³/mol. The first kappa shape index (κ1) is 12.4. The molecule has 88 valence electrons. The number of rotatable bonds is 4. The van der Waals surface area contributed by atoms with Gasteiger partial charge in [0.15, 0.2) is 0 Å². The summed E-state index contributed by atoms with van der Waals surface area (Å²) in [6.07, 6.45) is 0.0509. The van der Waals surface area contributed by atoms with Gasteiger partial charge in [-0.05, 0) is 27.7 Å². The third-order valence-corrected chi connectivity index (χ3v) is 2.24. The lowest BCUT2D eigenvalue weighted by Crippen LogP contribution is -2.11. The number of aromatic nitrogens is 2. The summed E-state index contributed by atoms with van der Waals surface area (Å²) < 4.78 is 1.55. The van der Waals surface area contributed by atoms with Gasteiger partial charge in [0.05, 0.1) is 11.3 Å². The minimum Gasteiger partial charge on any atom is -0.300 e. The summed E-state index contributed by atoms with van der Waals surface area (Å²) in [5.74, 6) is -0.107. The van der Waals surface area contributed by atoms with E-state index in [-0.39, 0.29) is 23.9 Å². The van der Waals surface area contributed by atoms with Crippen molar-refractivity contribution in [2.45, 2.75) is 40.2 Å². The number of hydrogen-bond donors (Lipinski definition) is 0. The first-order valence-corrected chi connectivity index (χ1v) is 5.06. The zero-order valence-corrected chi connectivity index (χ0v) is 9.85. The summed E-state index contributed by atoms with van der Waals surface area (Å²) in [7, 11) is 0. The Morgan fingerprint density at radius 2 is 2.12 bits per heavy atom. The zero-order valence-electron chi connectivity index (χ0n) is 9.85. The monoisotopic (exact) mass is 225 g/mol. The molecule has 0 aromatic carbocycles. The molecule has 0 amide bonds. The highest BCUT2D eigenvalue weighted by Crippen LogP contribution is 2.26. The fraction of sp³-hybridized carbons (Fsp3) is 0.600. The lowest BCUT2D eigenvalue weighted by molar-refractivity contribution is -0.386. The Bertz CT molecular complexity index is 435. The Morgan fingerprint density at radius 1 is 1.56 bits per heavy atom. The van der Waals surface area contributed by atoms with Crippen LogP contribution in [0.2, 0.25) is 0 Å². The Hall–Kier alpha value is -1.72. The summed E-state index contributed by atoms with van der Waals surface area (Å²) in [5.41, 5.74) is 0.712. The molecule has 0 aliphatic heterocycles. The van der Waals surface area contributed by atoms with E-state index in [1.54, 1.807) is 11.6 Å². The maximum atomic E-state index is 11.1. The Balaban J connectivity index is 3.36. The molecule has 0 saturated carbocycles. The van der Waals surface area contributed by atoms with Gasteiger partial charge in [0.1, 0.15) is 17.2 Å². The minimum absolute atomic E-state index is 0.00162. The number of carbonyl (C=O) groups excluding carboxylic acids is 1. The van der Waals surface area contributed by atoms with Crippen molar-refractivity contribution in [3.63, 3.8) is 0 Å². The maximum Gasteiger partial charge on any atom is 0.313 e. The van der Waals surface area contributed by atoms with Gasteiger partial charge in [-0.3, -0.25) is 19.6 Å². The van der Waals surface area contributed by atoms with Gasteiger partial charge < -0.3 is 0 Å². The molecule has 1 heterocycles. The first-order chi connectivity index (χ1) is 7.34. The lowest BCUT2D eigenvalue weighted by atomic mass is 10.2. The van der Waals surface area contributed by atoms with Crippen LogP contribution in [0, 0.1) is 17.0 Å². The quantitative estimate of drug-likeness (QED) is 0.578. The van der Waals surface area contributed by atoms with Crippen LogP contribution in [0.4, 0.5) is 5.69 Å². The molecule has 0 saturated heterocycles. The number of ketones is 1. The third-order valence-electron chi connectivity index (χ3n) is 2.24. The molecule has 1 aromatic heterocycles. The number of carbonyl (C=O) groups is 1. The van der Waals surface area contributed by atoms with Crippen molar-refractivity contribution in [3.05, 3.63) is 21.5 Å². The van der Waals surface area contributed by atoms with Gasteiger partial charge in [0, 0.05) is 6.04 Å². The second-order valence-corrected chi connectivity index (χ2v) is 4.05. The first-order valence-electron chi connectivity index (χ1n) is 5.06. The molecule has 0 fully saturated rings. The molecule has 0 atom stereocenters. The SMILES string of the molecule is CC(=O)Cc1c([N+](=O)[O-])c(C)nn1C(C)C. The highest BCUT2D eigenvalue weighted by atomic mass is 16.6. The predicted octanol–water partition coefficient (Wildman–Crippen LogP) is 1.81. The second kappa shape index (κ2) is 4.42. The summed E-state index contributed by atoms with van der Waals surface area (Å²) in [6, 6.07) is 0.00162. The fourth-order valence-electron chi connectivity index (χ4n) is 1.65. The normalized spacial score (nSPS) is 10.8. The molecule has 1 aromatic rings. The van der Waals surface area contributed by atoms with Crippen LogP contribution in [-0.2, 0) is 11.2 Å². The summed E-state index contributed by atoms with van der Waals surface area (Å²) in [4.78, 5) is 21.5. The summed E-state index contributed by atoms with van der Waals surface area (Å²) in [6.45, 7) is 6.75. The van der Waals surface area contributed by atoms with Crippen molar-refractivity contribution in [2.75, 3.05) is 0 Å². The van der Waals surface area contributed by atoms with Gasteiger partial charge in [-0.15, -0.1) is 0 Å². The lowest BCUT2D eigenvalue weighted by Gasteiger charge is -2.08. The molecule has 0 spiro atoms. The molecule has 6 nitrogen and oxygen atoms in total. The van der Waals surface area contributed by atoms with Crippen LogP contribution in [0.5, 0.6) is 0 Å². The van der Waals surface area contributed by atoms with Crippen LogP contribution in [-0.4, -0.2) is 20.5 Å². The van der Waals surface area contributed by atoms with Gasteiger partial charge in [-0.1, -0.05) is 0 Å². The van der Waals surface area contributed by atoms with E-state index in [9.17, 15) is 14.9 Å². The van der Waals surface area contributed by atoms with Gasteiger partial charge in [0.25, 0.3) is 0 Å². The number of hydrogen-bond acceptors (Lipinski definition) is 4. The van der Waals surface area contributed by atoms with Crippen molar-refractivity contribution in [1.29, 1.82) is 0 Å². The molecule has 0 aliphatic carbocycles. The van der Waals surface area contributed by atoms with Crippen LogP contribution >= 0.6 is 0 Å². The van der Waals surface area contributed by atoms with Gasteiger partial charge in [-0.25, -0.2) is 0 Å². The average molecular weight is 225 g/mol. The van der Waals surface area contributed by atoms with Crippen molar-refractivity contribution in [3.8, 4) is 0 Å². The van der Waals surface area contributed by atoms with E-state index in [4.69, 9.17) is 0 Å². The van der Waals surface area contributed by atoms with Crippen LogP contribution in [0.25, 0.3) is 0 Å². The largest absolute Gasteiger partial charge is 0.313 e. The molecule has 0 aliphatic rings. The van der Waals surface area contributed by atoms with Gasteiger partial charge in [-0.2, -0.15) is 5.10 Å². The molecule has 0 N–H and O–H groups in total. The molecule has 0 radical (unpaired) electrons. The van der Waals surface area contributed by atoms with Gasteiger partial charge >= 0.3 is 5.69 Å². The highest BCUT2D eigenvalue weighted by Gasteiger charge is 2.26. The van der Waals surface area contributed by atoms with E-state index in [1.807, 2.05) is 13.8 Å². The molecular weight excluding hydrogens is 210 g/mol. The minimum atomic E-state index is -0.473. The molecule has 0 bridgehead atoms. The zero-order chi connectivity index (χ0) is 12.5. The van der Waals surface area contributed by atoms with E-state index < -0.39 is 4.92 Å². The molecule has 6 heteroatoms. The standard InChI is InChI=1S/C10H15N3O3/c1-6(2)12-9(5-7(3)14)10(13(15)16)8(4)11-12/h6H,5H2,1-4H3. The topological polar surface area (TPSA) is 78.0 Å². The second-order valence-electron chi connectivity index (χ2n) is 4.05. The highest BCUT2D eigenvalue weighted by molar-refractivity contribution is 5.79. The number of nitro groups is 1. The van der Waals surface area contributed by atoms with Crippen LogP contribution in [0.15, 0.2) is 0 Å².